The fourth-order valence-electron chi connectivity index (χ4n) is 4.09. The molecule has 1 atom stereocenters. The molecule has 0 aromatic carbocycles. The van der Waals surface area contributed by atoms with Crippen molar-refractivity contribution in [3.63, 3.8) is 0 Å². The number of nitrogens with zero attached hydrogens (tertiary/aromatic N) is 1. The first-order chi connectivity index (χ1) is 11.8. The molecule has 25 heavy (non-hydrogen) atoms. The summed E-state index contributed by atoms with van der Waals surface area (Å²) in [7, 11) is 0. The molecule has 0 unspecified atom stereocenters. The molecule has 2 fully saturated rings. The zero-order valence-electron chi connectivity index (χ0n) is 15.2. The molecule has 1 heterocycles. The van der Waals surface area contributed by atoms with Gasteiger partial charge in [-0.2, -0.15) is 0 Å². The summed E-state index contributed by atoms with van der Waals surface area (Å²) in [5.74, 6) is 2.04. The van der Waals surface area contributed by atoms with Crippen LogP contribution in [0, 0.1) is 17.8 Å². The molecule has 0 spiro atoms. The van der Waals surface area contributed by atoms with Gasteiger partial charge in [-0.15, -0.1) is 0 Å². The van der Waals surface area contributed by atoms with Gasteiger partial charge < -0.3 is 0 Å². The zero-order valence-corrected chi connectivity index (χ0v) is 23.9. The molecule has 148 valence electrons. The van der Waals surface area contributed by atoms with Gasteiger partial charge in [0, 0.05) is 0 Å². The standard InChI is InChI=1S/C18H29I4NO2/c1-12(21-19)16(24)13-4-6-14(7-5-13)17(25)23-10-8-15(9-11-23)18(2,3)22-20/h12-15H,4-11H2,1-3H3/q-2/t12-,13?,14?/m1/s1. The molecule has 0 aromatic heterocycles. The van der Waals surface area contributed by atoms with Crippen LogP contribution >= 0.6 is 37.2 Å². The quantitative estimate of drug-likeness (QED) is 0.247. The third-order valence-electron chi connectivity index (χ3n) is 5.96. The van der Waals surface area contributed by atoms with Gasteiger partial charge in [0.2, 0.25) is 0 Å². The number of likely N-dealkylation sites (tertiary alicyclic amines) is 1. The molecular weight excluding hydrogens is 770 g/mol. The SMILES string of the molecule is C[C@@H]([I-]I)C(=O)C1CCC(C(=O)N2CCC(C(C)(C)[I-]I)CC2)CC1. The van der Waals surface area contributed by atoms with E-state index in [0.29, 0.717) is 15.1 Å². The van der Waals surface area contributed by atoms with Gasteiger partial charge in [0.15, 0.2) is 0 Å². The van der Waals surface area contributed by atoms with E-state index in [2.05, 4.69) is 62.9 Å². The van der Waals surface area contributed by atoms with Gasteiger partial charge in [0.25, 0.3) is 0 Å². The number of carbonyl (C=O) groups excluding carboxylic acids is 2. The Morgan fingerprint density at radius 3 is 2.00 bits per heavy atom. The van der Waals surface area contributed by atoms with Crippen LogP contribution in [0.3, 0.4) is 0 Å². The number of Topliss-reactive ketones (excluding diaryl/α,β-unsaturated/α-hetero) is 1. The monoisotopic (exact) mass is 799 g/mol. The number of amides is 1. The summed E-state index contributed by atoms with van der Waals surface area (Å²) in [4.78, 5) is 27.4. The molecule has 0 N–H and O–H groups in total. The number of hydrogen-bond donors (Lipinski definition) is 0. The Balaban J connectivity index is 1.81. The van der Waals surface area contributed by atoms with Crippen LogP contribution in [0.1, 0.15) is 59.3 Å². The number of hydrogen-bond acceptors (Lipinski definition) is 2. The number of halogens is 4. The predicted molar refractivity (Wildman–Crippen MR) is 111 cm³/mol. The minimum absolute atomic E-state index is 0.0266. The minimum atomic E-state index is -0.0266. The molecule has 2 aliphatic rings. The van der Waals surface area contributed by atoms with Gasteiger partial charge in [-0.25, -0.2) is 0 Å². The second kappa shape index (κ2) is 10.7. The number of ketones is 1. The Kier molecular flexibility index (Phi) is 10.0. The molecule has 1 amide bonds. The summed E-state index contributed by atoms with van der Waals surface area (Å²) < 4.78 is 0.769. The van der Waals surface area contributed by atoms with Crippen LogP contribution < -0.4 is 34.5 Å². The zero-order chi connectivity index (χ0) is 18.6. The van der Waals surface area contributed by atoms with Gasteiger partial charge in [0.1, 0.15) is 0 Å². The van der Waals surface area contributed by atoms with Crippen LogP contribution in [0.2, 0.25) is 0 Å². The van der Waals surface area contributed by atoms with Crippen LogP contribution in [0.25, 0.3) is 0 Å². The van der Waals surface area contributed by atoms with Crippen molar-refractivity contribution in [3.05, 3.63) is 0 Å². The summed E-state index contributed by atoms with van der Waals surface area (Å²) in [6.07, 6.45) is 6.06. The van der Waals surface area contributed by atoms with Gasteiger partial charge in [-0.3, -0.25) is 0 Å². The Morgan fingerprint density at radius 1 is 1.00 bits per heavy atom. The van der Waals surface area contributed by atoms with Gasteiger partial charge >= 0.3 is 195 Å². The van der Waals surface area contributed by atoms with Crippen molar-refractivity contribution >= 4 is 48.9 Å². The molecule has 0 bridgehead atoms. The molecule has 1 aliphatic carbocycles. The van der Waals surface area contributed by atoms with Crippen molar-refractivity contribution < 1.29 is 44.0 Å². The second-order valence-electron chi connectivity index (χ2n) is 7.88. The summed E-state index contributed by atoms with van der Waals surface area (Å²) in [5.41, 5.74) is 0. The van der Waals surface area contributed by atoms with Crippen molar-refractivity contribution in [1.29, 1.82) is 0 Å². The molecule has 0 aromatic rings. The Hall–Kier alpha value is 2.06. The van der Waals surface area contributed by atoms with E-state index in [1.54, 1.807) is 0 Å². The van der Waals surface area contributed by atoms with Crippen molar-refractivity contribution in [2.24, 2.45) is 17.8 Å². The molecule has 3 nitrogen and oxygen atoms in total. The normalized spacial score (nSPS) is 27.5. The number of piperidine rings is 1. The van der Waals surface area contributed by atoms with Crippen LogP contribution in [0.4, 0.5) is 0 Å². The van der Waals surface area contributed by atoms with Crippen molar-refractivity contribution in [3.8, 4) is 0 Å². The van der Waals surface area contributed by atoms with E-state index in [0.717, 1.165) is 44.7 Å². The second-order valence-corrected chi connectivity index (χ2v) is 19.3. The van der Waals surface area contributed by atoms with Crippen molar-refractivity contribution in [2.75, 3.05) is 13.1 Å². The van der Waals surface area contributed by atoms with Crippen LogP contribution in [-0.4, -0.2) is 37.0 Å². The maximum atomic E-state index is 12.9. The number of rotatable bonds is 6. The van der Waals surface area contributed by atoms with E-state index in [4.69, 9.17) is 0 Å². The topological polar surface area (TPSA) is 37.4 Å². The molecule has 7 heteroatoms. The van der Waals surface area contributed by atoms with Crippen molar-refractivity contribution in [2.45, 2.75) is 66.6 Å². The average molecular weight is 799 g/mol. The van der Waals surface area contributed by atoms with Crippen molar-refractivity contribution in [1.82, 2.24) is 4.90 Å². The van der Waals surface area contributed by atoms with E-state index in [1.165, 1.54) is 12.8 Å². The summed E-state index contributed by atoms with van der Waals surface area (Å²) >= 11 is 5.20. The first kappa shape index (κ1) is 23.3. The van der Waals surface area contributed by atoms with E-state index >= 15 is 0 Å². The fraction of sp³-hybridized carbons (Fsp3) is 0.889. The Bertz CT molecular complexity index is 470. The third-order valence-corrected chi connectivity index (χ3v) is 21.0. The van der Waals surface area contributed by atoms with Crippen LogP contribution in [0.5, 0.6) is 0 Å². The summed E-state index contributed by atoms with van der Waals surface area (Å²) in [6, 6.07) is 0. The Labute approximate surface area is 192 Å². The number of alkyl halides is 2. The predicted octanol–water partition coefficient (Wildman–Crippen LogP) is -1.35. The van der Waals surface area contributed by atoms with E-state index < -0.39 is 0 Å². The fourth-order valence-corrected chi connectivity index (χ4v) is 9.58. The van der Waals surface area contributed by atoms with E-state index in [9.17, 15) is 9.59 Å². The summed E-state index contributed by atoms with van der Waals surface area (Å²) in [6.45, 7) is 8.80. The molecule has 1 saturated carbocycles. The van der Waals surface area contributed by atoms with Gasteiger partial charge in [-0.1, -0.05) is 0 Å². The molecule has 1 saturated heterocycles. The Morgan fingerprint density at radius 2 is 1.52 bits per heavy atom. The van der Waals surface area contributed by atoms with Gasteiger partial charge in [0.05, 0.1) is 0 Å². The first-order valence-corrected chi connectivity index (χ1v) is 24.0. The number of carbonyl (C=O) groups is 2. The van der Waals surface area contributed by atoms with Crippen LogP contribution in [-0.2, 0) is 9.59 Å². The average Bonchev–Trinajstić information content (AvgIpc) is 2.66. The molecule has 1 aliphatic heterocycles. The van der Waals surface area contributed by atoms with Gasteiger partial charge in [-0.05, 0) is 0 Å². The van der Waals surface area contributed by atoms with E-state index in [-0.39, 0.29) is 50.2 Å². The molecule has 0 radical (unpaired) electrons. The molecular formula is C18H29I4NO2-2. The summed E-state index contributed by atoms with van der Waals surface area (Å²) in [5, 5.41) is 0. The third kappa shape index (κ3) is 6.27. The first-order valence-electron chi connectivity index (χ1n) is 9.14. The molecule has 2 rings (SSSR count). The van der Waals surface area contributed by atoms with Crippen LogP contribution in [0.15, 0.2) is 0 Å². The van der Waals surface area contributed by atoms with E-state index in [1.807, 2.05) is 0 Å². The maximum absolute atomic E-state index is 12.9.